The summed E-state index contributed by atoms with van der Waals surface area (Å²) < 4.78 is 0. The van der Waals surface area contributed by atoms with Crippen molar-refractivity contribution in [1.29, 1.82) is 0 Å². The lowest BCUT2D eigenvalue weighted by atomic mass is 10.2. The number of rotatable bonds is 10. The van der Waals surface area contributed by atoms with E-state index in [1.165, 1.54) is 13.1 Å². The lowest BCUT2D eigenvalue weighted by Crippen LogP contribution is -2.30. The van der Waals surface area contributed by atoms with Gasteiger partial charge < -0.3 is 21.3 Å². The molecule has 0 radical (unpaired) electrons. The van der Waals surface area contributed by atoms with E-state index < -0.39 is 0 Å². The second kappa shape index (κ2) is 11.7. The summed E-state index contributed by atoms with van der Waals surface area (Å²) in [6.07, 6.45) is 1.48. The van der Waals surface area contributed by atoms with E-state index in [2.05, 4.69) is 36.2 Å². The lowest BCUT2D eigenvalue weighted by molar-refractivity contribution is -0.118. The van der Waals surface area contributed by atoms with Crippen LogP contribution in [0.5, 0.6) is 0 Å². The van der Waals surface area contributed by atoms with E-state index in [4.69, 9.17) is 4.98 Å². The number of para-hydroxylation sites is 2. The minimum Gasteiger partial charge on any atom is -0.368 e. The number of nitrogens with zero attached hydrogens (tertiary/aromatic N) is 4. The van der Waals surface area contributed by atoms with E-state index in [0.29, 0.717) is 49.2 Å². The van der Waals surface area contributed by atoms with Gasteiger partial charge in [0.05, 0.1) is 17.2 Å². The summed E-state index contributed by atoms with van der Waals surface area (Å²) in [5, 5.41) is 12.2. The van der Waals surface area contributed by atoms with Crippen molar-refractivity contribution in [2.24, 2.45) is 0 Å². The molecular formula is C26H28N8O2. The number of nitrogens with one attached hydrogen (secondary N) is 4. The Bertz CT molecular complexity index is 1360. The molecule has 0 unspecified atom stereocenters. The van der Waals surface area contributed by atoms with Crippen LogP contribution in [0.4, 0.5) is 11.6 Å². The maximum Gasteiger partial charge on any atom is 0.271 e. The van der Waals surface area contributed by atoms with Crippen molar-refractivity contribution >= 4 is 34.5 Å². The molecule has 0 spiro atoms. The van der Waals surface area contributed by atoms with Gasteiger partial charge in [-0.1, -0.05) is 42.5 Å². The third kappa shape index (κ3) is 6.29. The highest BCUT2D eigenvalue weighted by atomic mass is 16.2. The van der Waals surface area contributed by atoms with E-state index in [1.807, 2.05) is 61.5 Å². The van der Waals surface area contributed by atoms with Crippen LogP contribution in [-0.4, -0.2) is 57.9 Å². The van der Waals surface area contributed by atoms with Crippen molar-refractivity contribution in [2.75, 3.05) is 36.8 Å². The van der Waals surface area contributed by atoms with Crippen molar-refractivity contribution in [3.63, 3.8) is 0 Å². The zero-order valence-corrected chi connectivity index (χ0v) is 20.2. The molecule has 0 saturated heterocycles. The molecule has 2 aromatic carbocycles. The first-order valence-corrected chi connectivity index (χ1v) is 11.7. The molecular weight excluding hydrogens is 456 g/mol. The largest absolute Gasteiger partial charge is 0.368 e. The van der Waals surface area contributed by atoms with Crippen LogP contribution in [0.25, 0.3) is 22.4 Å². The van der Waals surface area contributed by atoms with Crippen LogP contribution in [-0.2, 0) is 4.79 Å². The van der Waals surface area contributed by atoms with Crippen molar-refractivity contribution in [1.82, 2.24) is 30.6 Å². The summed E-state index contributed by atoms with van der Waals surface area (Å²) in [4.78, 5) is 41.7. The van der Waals surface area contributed by atoms with Crippen LogP contribution >= 0.6 is 0 Å². The number of aromatic nitrogens is 4. The first-order chi connectivity index (χ1) is 17.5. The minimum absolute atomic E-state index is 0.0831. The van der Waals surface area contributed by atoms with Crippen LogP contribution in [0.3, 0.4) is 0 Å². The average Bonchev–Trinajstić information content (AvgIpc) is 2.90. The van der Waals surface area contributed by atoms with Gasteiger partial charge >= 0.3 is 0 Å². The standard InChI is InChI=1S/C26H28N8O2/c1-17-23(28-13-12-27-18(2)35)33-25(19-8-4-3-5-9-19)34-24(17)29-14-15-30-26(36)22-16-31-20-10-6-7-11-21(20)32-22/h3-11,16H,12-15H2,1-2H3,(H,27,35)(H,30,36)(H2,28,29,33,34). The summed E-state index contributed by atoms with van der Waals surface area (Å²) in [5.74, 6) is 1.53. The molecule has 0 aliphatic rings. The summed E-state index contributed by atoms with van der Waals surface area (Å²) in [6, 6.07) is 17.1. The van der Waals surface area contributed by atoms with Crippen molar-refractivity contribution in [2.45, 2.75) is 13.8 Å². The van der Waals surface area contributed by atoms with Crippen molar-refractivity contribution in [3.8, 4) is 11.4 Å². The molecule has 0 saturated carbocycles. The van der Waals surface area contributed by atoms with Gasteiger partial charge in [0.1, 0.15) is 17.3 Å². The zero-order valence-electron chi connectivity index (χ0n) is 20.2. The molecule has 36 heavy (non-hydrogen) atoms. The third-order valence-electron chi connectivity index (χ3n) is 5.35. The Morgan fingerprint density at radius 2 is 1.36 bits per heavy atom. The molecule has 184 valence electrons. The third-order valence-corrected chi connectivity index (χ3v) is 5.35. The molecule has 4 rings (SSSR count). The molecule has 2 aromatic heterocycles. The van der Waals surface area contributed by atoms with Crippen LogP contribution in [0.2, 0.25) is 0 Å². The van der Waals surface area contributed by atoms with Gasteiger partial charge in [-0.05, 0) is 19.1 Å². The molecule has 4 aromatic rings. The second-order valence-corrected chi connectivity index (χ2v) is 8.07. The molecule has 0 aliphatic heterocycles. The fourth-order valence-electron chi connectivity index (χ4n) is 3.51. The smallest absolute Gasteiger partial charge is 0.271 e. The lowest BCUT2D eigenvalue weighted by Gasteiger charge is -2.16. The Morgan fingerprint density at radius 3 is 2.03 bits per heavy atom. The number of hydrogen-bond acceptors (Lipinski definition) is 8. The highest BCUT2D eigenvalue weighted by molar-refractivity contribution is 5.93. The van der Waals surface area contributed by atoms with E-state index in [-0.39, 0.29) is 17.5 Å². The normalized spacial score (nSPS) is 10.6. The molecule has 0 atom stereocenters. The number of carbonyl (C=O) groups excluding carboxylic acids is 2. The van der Waals surface area contributed by atoms with E-state index in [1.54, 1.807) is 0 Å². The summed E-state index contributed by atoms with van der Waals surface area (Å²) in [7, 11) is 0. The monoisotopic (exact) mass is 484 g/mol. The Kier molecular flexibility index (Phi) is 7.97. The number of amides is 2. The van der Waals surface area contributed by atoms with Gasteiger partial charge in [0.25, 0.3) is 5.91 Å². The van der Waals surface area contributed by atoms with Gasteiger partial charge in [0.2, 0.25) is 5.91 Å². The van der Waals surface area contributed by atoms with Crippen LogP contribution in [0.15, 0.2) is 60.8 Å². The summed E-state index contributed by atoms with van der Waals surface area (Å²) in [5.41, 5.74) is 3.40. The maximum absolute atomic E-state index is 12.5. The van der Waals surface area contributed by atoms with Gasteiger partial charge in [0, 0.05) is 44.2 Å². The fraction of sp³-hybridized carbons (Fsp3) is 0.231. The zero-order chi connectivity index (χ0) is 25.3. The van der Waals surface area contributed by atoms with E-state index in [0.717, 1.165) is 16.6 Å². The summed E-state index contributed by atoms with van der Waals surface area (Å²) >= 11 is 0. The molecule has 10 heteroatoms. The van der Waals surface area contributed by atoms with E-state index in [9.17, 15) is 9.59 Å². The Morgan fingerprint density at radius 1 is 0.750 bits per heavy atom. The molecule has 10 nitrogen and oxygen atoms in total. The van der Waals surface area contributed by atoms with Crippen molar-refractivity contribution in [3.05, 3.63) is 72.1 Å². The molecule has 4 N–H and O–H groups in total. The second-order valence-electron chi connectivity index (χ2n) is 8.07. The van der Waals surface area contributed by atoms with Crippen LogP contribution < -0.4 is 21.3 Å². The number of hydrogen-bond donors (Lipinski definition) is 4. The Hall–Kier alpha value is -4.60. The maximum atomic E-state index is 12.5. The predicted octanol–water partition coefficient (Wildman–Crippen LogP) is 2.79. The fourth-order valence-corrected chi connectivity index (χ4v) is 3.51. The molecule has 0 aliphatic carbocycles. The number of benzene rings is 2. The molecule has 0 bridgehead atoms. The van der Waals surface area contributed by atoms with Gasteiger partial charge in [-0.25, -0.2) is 15.0 Å². The average molecular weight is 485 g/mol. The van der Waals surface area contributed by atoms with Crippen LogP contribution in [0.1, 0.15) is 23.0 Å². The number of fused-ring (bicyclic) bond motifs is 1. The number of carbonyl (C=O) groups is 2. The first-order valence-electron chi connectivity index (χ1n) is 11.7. The predicted molar refractivity (Wildman–Crippen MR) is 140 cm³/mol. The SMILES string of the molecule is CC(=O)NCCNc1nc(-c2ccccc2)nc(NCCNC(=O)c2cnc3ccccc3n2)c1C. The Labute approximate surface area is 209 Å². The van der Waals surface area contributed by atoms with Crippen molar-refractivity contribution < 1.29 is 9.59 Å². The number of anilines is 2. The first kappa shape index (κ1) is 24.5. The topological polar surface area (TPSA) is 134 Å². The van der Waals surface area contributed by atoms with Gasteiger partial charge in [-0.2, -0.15) is 0 Å². The minimum atomic E-state index is -0.292. The molecule has 2 heterocycles. The highest BCUT2D eigenvalue weighted by Gasteiger charge is 2.13. The molecule has 2 amide bonds. The quantitative estimate of drug-likeness (QED) is 0.253. The molecule has 0 fully saturated rings. The van der Waals surface area contributed by atoms with Gasteiger partial charge in [0.15, 0.2) is 5.82 Å². The summed E-state index contributed by atoms with van der Waals surface area (Å²) in [6.45, 7) is 5.21. The Balaban J connectivity index is 1.41. The van der Waals surface area contributed by atoms with Gasteiger partial charge in [-0.15, -0.1) is 0 Å². The van der Waals surface area contributed by atoms with E-state index >= 15 is 0 Å². The van der Waals surface area contributed by atoms with Crippen LogP contribution in [0, 0.1) is 6.92 Å². The van der Waals surface area contributed by atoms with Gasteiger partial charge in [-0.3, -0.25) is 14.6 Å². The highest BCUT2D eigenvalue weighted by Crippen LogP contribution is 2.24.